The number of aromatic carboxylic acids is 1. The second-order valence-electron chi connectivity index (χ2n) is 2.76. The fourth-order valence-electron chi connectivity index (χ4n) is 1.27. The second kappa shape index (κ2) is 3.49. The number of halogens is 1. The van der Waals surface area contributed by atoms with Gasteiger partial charge in [-0.3, -0.25) is 0 Å². The van der Waals surface area contributed by atoms with Gasteiger partial charge in [0.15, 0.2) is 0 Å². The van der Waals surface area contributed by atoms with E-state index in [0.717, 1.165) is 6.07 Å². The van der Waals surface area contributed by atoms with E-state index in [4.69, 9.17) is 9.84 Å². The molecule has 0 spiro atoms. The highest BCUT2D eigenvalue weighted by Gasteiger charge is 2.22. The Labute approximate surface area is 83.9 Å². The smallest absolute Gasteiger partial charge is 0.339 e. The van der Waals surface area contributed by atoms with E-state index in [9.17, 15) is 9.18 Å². The highest BCUT2D eigenvalue weighted by Crippen LogP contribution is 2.38. The van der Waals surface area contributed by atoms with Crippen LogP contribution in [0.5, 0.6) is 5.75 Å². The molecule has 0 unspecified atom stereocenters. The number of rotatable bonds is 1. The van der Waals surface area contributed by atoms with E-state index in [1.165, 1.54) is 17.8 Å². The Hall–Kier alpha value is -1.23. The fraction of sp³-hybridized carbons (Fsp3) is 0.222. The molecule has 1 heterocycles. The highest BCUT2D eigenvalue weighted by atomic mass is 32.2. The first-order valence-corrected chi connectivity index (χ1v) is 5.00. The summed E-state index contributed by atoms with van der Waals surface area (Å²) in [6.07, 6.45) is 0. The molecular formula is C9H7FO3S. The molecular weight excluding hydrogens is 207 g/mol. The Bertz CT molecular complexity index is 392. The maximum absolute atomic E-state index is 13.2. The molecule has 1 aliphatic rings. The maximum Gasteiger partial charge on any atom is 0.339 e. The Morgan fingerprint density at radius 2 is 2.36 bits per heavy atom. The number of carboxylic acid groups (broad SMARTS) is 1. The first-order chi connectivity index (χ1) is 6.70. The van der Waals surface area contributed by atoms with Crippen molar-refractivity contribution >= 4 is 17.7 Å². The van der Waals surface area contributed by atoms with Crippen LogP contribution in [-0.4, -0.2) is 23.4 Å². The maximum atomic E-state index is 13.2. The van der Waals surface area contributed by atoms with Gasteiger partial charge in [-0.2, -0.15) is 0 Å². The van der Waals surface area contributed by atoms with E-state index in [0.29, 0.717) is 17.3 Å². The van der Waals surface area contributed by atoms with Gasteiger partial charge in [-0.1, -0.05) is 0 Å². The zero-order chi connectivity index (χ0) is 10.1. The summed E-state index contributed by atoms with van der Waals surface area (Å²) in [6.45, 7) is 0.418. The van der Waals surface area contributed by atoms with Crippen molar-refractivity contribution in [2.45, 2.75) is 4.90 Å². The lowest BCUT2D eigenvalue weighted by Crippen LogP contribution is -2.12. The zero-order valence-electron chi connectivity index (χ0n) is 7.12. The van der Waals surface area contributed by atoms with E-state index >= 15 is 0 Å². The van der Waals surface area contributed by atoms with Crippen LogP contribution in [0.3, 0.4) is 0 Å². The van der Waals surface area contributed by atoms with Crippen LogP contribution in [0.15, 0.2) is 17.0 Å². The molecule has 5 heteroatoms. The summed E-state index contributed by atoms with van der Waals surface area (Å²) in [5.74, 6) is -0.709. The van der Waals surface area contributed by atoms with Gasteiger partial charge in [0.1, 0.15) is 17.1 Å². The summed E-state index contributed by atoms with van der Waals surface area (Å²) in [7, 11) is 0. The lowest BCUT2D eigenvalue weighted by Gasteiger charge is -2.18. The minimum Gasteiger partial charge on any atom is -0.491 e. The van der Waals surface area contributed by atoms with Crippen LogP contribution < -0.4 is 4.74 Å². The third-order valence-corrected chi connectivity index (χ3v) is 2.91. The number of thioether (sulfide) groups is 1. The van der Waals surface area contributed by atoms with E-state index in [-0.39, 0.29) is 11.3 Å². The van der Waals surface area contributed by atoms with Crippen LogP contribution in [0.1, 0.15) is 10.4 Å². The van der Waals surface area contributed by atoms with E-state index in [2.05, 4.69) is 0 Å². The average molecular weight is 214 g/mol. The van der Waals surface area contributed by atoms with Gasteiger partial charge in [0.25, 0.3) is 0 Å². The lowest BCUT2D eigenvalue weighted by atomic mass is 10.2. The summed E-state index contributed by atoms with van der Waals surface area (Å²) < 4.78 is 18.4. The molecule has 1 aromatic carbocycles. The molecule has 2 rings (SSSR count). The van der Waals surface area contributed by atoms with Crippen LogP contribution in [0, 0.1) is 5.82 Å². The Kier molecular flexibility index (Phi) is 2.33. The number of fused-ring (bicyclic) bond motifs is 1. The largest absolute Gasteiger partial charge is 0.491 e. The second-order valence-corrected chi connectivity index (χ2v) is 3.86. The van der Waals surface area contributed by atoms with Gasteiger partial charge in [0, 0.05) is 5.75 Å². The Morgan fingerprint density at radius 1 is 1.57 bits per heavy atom. The number of carbonyl (C=O) groups is 1. The van der Waals surface area contributed by atoms with Crippen molar-refractivity contribution < 1.29 is 19.0 Å². The van der Waals surface area contributed by atoms with Crippen molar-refractivity contribution in [3.63, 3.8) is 0 Å². The summed E-state index contributed by atoms with van der Waals surface area (Å²) in [4.78, 5) is 11.1. The van der Waals surface area contributed by atoms with Crippen LogP contribution in [0.4, 0.5) is 4.39 Å². The fourth-order valence-corrected chi connectivity index (χ4v) is 2.15. The van der Waals surface area contributed by atoms with Gasteiger partial charge in [-0.25, -0.2) is 9.18 Å². The van der Waals surface area contributed by atoms with Crippen molar-refractivity contribution in [1.29, 1.82) is 0 Å². The molecule has 0 aromatic heterocycles. The molecule has 14 heavy (non-hydrogen) atoms. The van der Waals surface area contributed by atoms with Gasteiger partial charge in [-0.15, -0.1) is 11.8 Å². The molecule has 3 nitrogen and oxygen atoms in total. The molecule has 0 radical (unpaired) electrons. The van der Waals surface area contributed by atoms with E-state index < -0.39 is 11.8 Å². The lowest BCUT2D eigenvalue weighted by molar-refractivity contribution is 0.0691. The van der Waals surface area contributed by atoms with Gasteiger partial charge in [0.05, 0.1) is 11.5 Å². The van der Waals surface area contributed by atoms with Gasteiger partial charge in [0.2, 0.25) is 0 Å². The molecule has 0 amide bonds. The number of hydrogen-bond donors (Lipinski definition) is 1. The van der Waals surface area contributed by atoms with Crippen molar-refractivity contribution in [2.75, 3.05) is 12.4 Å². The molecule has 0 saturated carbocycles. The summed E-state index contributed by atoms with van der Waals surface area (Å²) in [6, 6.07) is 2.38. The molecule has 74 valence electrons. The first kappa shape index (κ1) is 9.33. The third-order valence-electron chi connectivity index (χ3n) is 1.87. The Morgan fingerprint density at radius 3 is 3.07 bits per heavy atom. The van der Waals surface area contributed by atoms with Crippen LogP contribution in [0.2, 0.25) is 0 Å². The van der Waals surface area contributed by atoms with Crippen molar-refractivity contribution in [3.05, 3.63) is 23.5 Å². The molecule has 1 aliphatic heterocycles. The van der Waals surface area contributed by atoms with Crippen LogP contribution in [0.25, 0.3) is 0 Å². The predicted molar refractivity (Wildman–Crippen MR) is 49.6 cm³/mol. The van der Waals surface area contributed by atoms with Crippen molar-refractivity contribution in [1.82, 2.24) is 0 Å². The molecule has 0 atom stereocenters. The van der Waals surface area contributed by atoms with Crippen molar-refractivity contribution in [3.8, 4) is 5.75 Å². The first-order valence-electron chi connectivity index (χ1n) is 4.01. The van der Waals surface area contributed by atoms with E-state index in [1.54, 1.807) is 0 Å². The van der Waals surface area contributed by atoms with Crippen LogP contribution >= 0.6 is 11.8 Å². The minimum absolute atomic E-state index is 0.0219. The van der Waals surface area contributed by atoms with Crippen LogP contribution in [-0.2, 0) is 0 Å². The molecule has 0 fully saturated rings. The molecule has 0 bridgehead atoms. The van der Waals surface area contributed by atoms with Gasteiger partial charge in [-0.05, 0) is 12.1 Å². The summed E-state index contributed by atoms with van der Waals surface area (Å²) in [5.41, 5.74) is 0.0219. The SMILES string of the molecule is O=C(O)c1ccc(F)c2c1OCCS2. The Balaban J connectivity index is 2.59. The normalized spacial score (nSPS) is 14.4. The zero-order valence-corrected chi connectivity index (χ0v) is 7.94. The van der Waals surface area contributed by atoms with Gasteiger partial charge < -0.3 is 9.84 Å². The molecule has 1 aromatic rings. The average Bonchev–Trinajstić information content (AvgIpc) is 2.18. The number of ether oxygens (including phenoxy) is 1. The molecule has 0 saturated heterocycles. The molecule has 1 N–H and O–H groups in total. The summed E-state index contributed by atoms with van der Waals surface area (Å²) in [5, 5.41) is 8.82. The predicted octanol–water partition coefficient (Wildman–Crippen LogP) is 2.01. The summed E-state index contributed by atoms with van der Waals surface area (Å²) >= 11 is 1.28. The standard InChI is InChI=1S/C9H7FO3S/c10-6-2-1-5(9(11)12)7-8(6)14-4-3-13-7/h1-2H,3-4H2,(H,11,12). The number of hydrogen-bond acceptors (Lipinski definition) is 3. The number of carboxylic acids is 1. The topological polar surface area (TPSA) is 46.5 Å². The monoisotopic (exact) mass is 214 g/mol. The highest BCUT2D eigenvalue weighted by molar-refractivity contribution is 7.99. The van der Waals surface area contributed by atoms with E-state index in [1.807, 2.05) is 0 Å². The van der Waals surface area contributed by atoms with Crippen molar-refractivity contribution in [2.24, 2.45) is 0 Å². The quantitative estimate of drug-likeness (QED) is 0.776. The van der Waals surface area contributed by atoms with Gasteiger partial charge >= 0.3 is 5.97 Å². The molecule has 0 aliphatic carbocycles. The number of benzene rings is 1. The minimum atomic E-state index is -1.09. The third kappa shape index (κ3) is 1.43.